The van der Waals surface area contributed by atoms with Crippen molar-refractivity contribution in [1.29, 1.82) is 0 Å². The van der Waals surface area contributed by atoms with Gasteiger partial charge in [0.2, 0.25) is 0 Å². The lowest BCUT2D eigenvalue weighted by atomic mass is 9.64. The fourth-order valence-electron chi connectivity index (χ4n) is 2.21. The molecule has 0 atom stereocenters. The van der Waals surface area contributed by atoms with Gasteiger partial charge in [-0.3, -0.25) is 0 Å². The molecule has 1 aliphatic carbocycles. The predicted molar refractivity (Wildman–Crippen MR) is 70.1 cm³/mol. The second kappa shape index (κ2) is 5.28. The topological polar surface area (TPSA) is 29.5 Å². The van der Waals surface area contributed by atoms with Gasteiger partial charge in [0.15, 0.2) is 0 Å². The maximum absolute atomic E-state index is 11.6. The lowest BCUT2D eigenvalue weighted by molar-refractivity contribution is -0.0690. The normalized spacial score (nSPS) is 20.9. The van der Waals surface area contributed by atoms with Crippen LogP contribution in [0.2, 0.25) is 0 Å². The second-order valence-electron chi connectivity index (χ2n) is 6.40. The Bertz CT molecular complexity index is 256. The molecular weight excluding hydrogens is 214 g/mol. The first-order valence-electron chi connectivity index (χ1n) is 6.80. The first-order chi connectivity index (χ1) is 7.82. The number of hydrogen-bond acceptors (Lipinski definition) is 2. The van der Waals surface area contributed by atoms with E-state index in [0.29, 0.717) is 5.41 Å². The van der Waals surface area contributed by atoms with E-state index in [1.807, 2.05) is 25.7 Å². The third kappa shape index (κ3) is 3.90. The van der Waals surface area contributed by atoms with Crippen molar-refractivity contribution >= 4 is 6.09 Å². The Labute approximate surface area is 106 Å². The summed E-state index contributed by atoms with van der Waals surface area (Å²) in [5, 5.41) is 0. The molecule has 0 bridgehead atoms. The number of rotatable bonds is 0. The molecule has 2 fully saturated rings. The van der Waals surface area contributed by atoms with Crippen LogP contribution in [-0.2, 0) is 4.74 Å². The summed E-state index contributed by atoms with van der Waals surface area (Å²) in [6.45, 7) is 11.8. The van der Waals surface area contributed by atoms with Crippen LogP contribution in [0.5, 0.6) is 0 Å². The van der Waals surface area contributed by atoms with Crippen LogP contribution in [0, 0.1) is 5.41 Å². The van der Waals surface area contributed by atoms with Crippen molar-refractivity contribution in [1.82, 2.24) is 4.90 Å². The van der Waals surface area contributed by atoms with Crippen molar-refractivity contribution in [3.63, 3.8) is 0 Å². The molecule has 17 heavy (non-hydrogen) atoms. The van der Waals surface area contributed by atoms with E-state index in [1.165, 1.54) is 25.7 Å². The highest BCUT2D eigenvalue weighted by molar-refractivity contribution is 5.69. The zero-order chi connectivity index (χ0) is 13.1. The zero-order valence-electron chi connectivity index (χ0n) is 12.0. The molecule has 3 nitrogen and oxygen atoms in total. The standard InChI is InChI=1S/C11H19NO2.C3H8/c1-10(2,3)14-9(13)12-7-11(8-12)5-4-6-11;1-3-2/h4-8H2,1-3H3;3H2,1-2H3. The van der Waals surface area contributed by atoms with E-state index in [9.17, 15) is 4.79 Å². The first-order valence-corrected chi connectivity index (χ1v) is 6.80. The molecule has 0 unspecified atom stereocenters. The van der Waals surface area contributed by atoms with Crippen LogP contribution in [0.25, 0.3) is 0 Å². The lowest BCUT2D eigenvalue weighted by Gasteiger charge is -2.55. The average Bonchev–Trinajstić information content (AvgIpc) is 1.95. The molecule has 0 aromatic rings. The molecule has 1 spiro atoms. The molecule has 2 rings (SSSR count). The minimum Gasteiger partial charge on any atom is -0.444 e. The fourth-order valence-corrected chi connectivity index (χ4v) is 2.21. The van der Waals surface area contributed by atoms with Crippen LogP contribution in [0.4, 0.5) is 4.79 Å². The third-order valence-electron chi connectivity index (χ3n) is 3.12. The molecule has 1 heterocycles. The number of ether oxygens (including phenoxy) is 1. The summed E-state index contributed by atoms with van der Waals surface area (Å²) in [5.74, 6) is 0. The molecule has 0 aromatic carbocycles. The number of nitrogens with zero attached hydrogens (tertiary/aromatic N) is 1. The molecule has 3 heteroatoms. The van der Waals surface area contributed by atoms with Crippen molar-refractivity contribution < 1.29 is 9.53 Å². The summed E-state index contributed by atoms with van der Waals surface area (Å²) in [7, 11) is 0. The Morgan fingerprint density at radius 2 is 1.71 bits per heavy atom. The summed E-state index contributed by atoms with van der Waals surface area (Å²) in [6, 6.07) is 0. The highest BCUT2D eigenvalue weighted by Crippen LogP contribution is 2.48. The van der Waals surface area contributed by atoms with E-state index in [4.69, 9.17) is 4.74 Å². The molecule has 0 radical (unpaired) electrons. The zero-order valence-corrected chi connectivity index (χ0v) is 12.0. The average molecular weight is 241 g/mol. The Kier molecular flexibility index (Phi) is 4.45. The molecule has 1 amide bonds. The number of carbonyl (C=O) groups is 1. The van der Waals surface area contributed by atoms with Gasteiger partial charge in [0, 0.05) is 18.5 Å². The Morgan fingerprint density at radius 3 is 2.00 bits per heavy atom. The Balaban J connectivity index is 0.000000437. The summed E-state index contributed by atoms with van der Waals surface area (Å²) >= 11 is 0. The molecule has 1 aliphatic heterocycles. The van der Waals surface area contributed by atoms with Gasteiger partial charge < -0.3 is 9.64 Å². The minimum atomic E-state index is -0.362. The van der Waals surface area contributed by atoms with Gasteiger partial charge in [0.05, 0.1) is 0 Å². The van der Waals surface area contributed by atoms with Crippen LogP contribution in [0.1, 0.15) is 60.3 Å². The number of amides is 1. The van der Waals surface area contributed by atoms with Gasteiger partial charge in [-0.05, 0) is 33.6 Å². The molecule has 1 saturated carbocycles. The minimum absolute atomic E-state index is 0.143. The van der Waals surface area contributed by atoms with Crippen LogP contribution >= 0.6 is 0 Å². The Morgan fingerprint density at radius 1 is 1.24 bits per heavy atom. The van der Waals surface area contributed by atoms with Crippen LogP contribution in [-0.4, -0.2) is 29.7 Å². The molecule has 0 aromatic heterocycles. The Hall–Kier alpha value is -0.730. The van der Waals surface area contributed by atoms with Gasteiger partial charge in [-0.2, -0.15) is 0 Å². The van der Waals surface area contributed by atoms with Crippen molar-refractivity contribution in [2.75, 3.05) is 13.1 Å². The van der Waals surface area contributed by atoms with E-state index in [1.54, 1.807) is 0 Å². The van der Waals surface area contributed by atoms with Gasteiger partial charge in [-0.15, -0.1) is 0 Å². The maximum atomic E-state index is 11.6. The van der Waals surface area contributed by atoms with E-state index >= 15 is 0 Å². The number of likely N-dealkylation sites (tertiary alicyclic amines) is 1. The van der Waals surface area contributed by atoms with Crippen molar-refractivity contribution in [2.45, 2.75) is 65.9 Å². The van der Waals surface area contributed by atoms with E-state index in [2.05, 4.69) is 13.8 Å². The quantitative estimate of drug-likeness (QED) is 0.645. The molecular formula is C14H27NO2. The molecule has 100 valence electrons. The summed E-state index contributed by atoms with van der Waals surface area (Å²) < 4.78 is 5.29. The highest BCUT2D eigenvalue weighted by atomic mass is 16.6. The number of hydrogen-bond donors (Lipinski definition) is 0. The predicted octanol–water partition coefficient (Wildman–Crippen LogP) is 3.82. The smallest absolute Gasteiger partial charge is 0.410 e. The maximum Gasteiger partial charge on any atom is 0.410 e. The van der Waals surface area contributed by atoms with Crippen molar-refractivity contribution in [3.05, 3.63) is 0 Å². The van der Waals surface area contributed by atoms with Gasteiger partial charge in [-0.1, -0.05) is 26.7 Å². The van der Waals surface area contributed by atoms with Gasteiger partial charge in [-0.25, -0.2) is 4.79 Å². The van der Waals surface area contributed by atoms with Crippen LogP contribution in [0.3, 0.4) is 0 Å². The summed E-state index contributed by atoms with van der Waals surface area (Å²) in [5.41, 5.74) is 0.135. The van der Waals surface area contributed by atoms with Gasteiger partial charge in [0.25, 0.3) is 0 Å². The van der Waals surface area contributed by atoms with E-state index in [-0.39, 0.29) is 11.7 Å². The summed E-state index contributed by atoms with van der Waals surface area (Å²) in [4.78, 5) is 13.4. The fraction of sp³-hybridized carbons (Fsp3) is 0.929. The van der Waals surface area contributed by atoms with Gasteiger partial charge in [0.1, 0.15) is 5.60 Å². The third-order valence-corrected chi connectivity index (χ3v) is 3.12. The van der Waals surface area contributed by atoms with Crippen LogP contribution < -0.4 is 0 Å². The van der Waals surface area contributed by atoms with Gasteiger partial charge >= 0.3 is 6.09 Å². The SMILES string of the molecule is CC(C)(C)OC(=O)N1CC2(CCC2)C1.CCC. The largest absolute Gasteiger partial charge is 0.444 e. The number of carbonyl (C=O) groups excluding carboxylic acids is 1. The molecule has 0 N–H and O–H groups in total. The van der Waals surface area contributed by atoms with Crippen molar-refractivity contribution in [3.8, 4) is 0 Å². The summed E-state index contributed by atoms with van der Waals surface area (Å²) in [6.07, 6.45) is 5.04. The lowest BCUT2D eigenvalue weighted by Crippen LogP contribution is -2.62. The van der Waals surface area contributed by atoms with E-state index in [0.717, 1.165) is 13.1 Å². The second-order valence-corrected chi connectivity index (χ2v) is 6.40. The van der Waals surface area contributed by atoms with Crippen molar-refractivity contribution in [2.24, 2.45) is 5.41 Å². The van der Waals surface area contributed by atoms with Crippen LogP contribution in [0.15, 0.2) is 0 Å². The first kappa shape index (κ1) is 14.3. The molecule has 1 saturated heterocycles. The van der Waals surface area contributed by atoms with E-state index < -0.39 is 0 Å². The molecule has 2 aliphatic rings. The monoisotopic (exact) mass is 241 g/mol. The highest BCUT2D eigenvalue weighted by Gasteiger charge is 2.49.